The van der Waals surface area contributed by atoms with Gasteiger partial charge in [-0.2, -0.15) is 0 Å². The Bertz CT molecular complexity index is 645. The van der Waals surface area contributed by atoms with Crippen LogP contribution in [-0.4, -0.2) is 26.8 Å². The maximum absolute atomic E-state index is 4.44. The van der Waals surface area contributed by atoms with Crippen molar-refractivity contribution < 1.29 is 0 Å². The third kappa shape index (κ3) is 2.77. The normalized spacial score (nSPS) is 18.0. The van der Waals surface area contributed by atoms with Crippen molar-refractivity contribution in [2.24, 2.45) is 0 Å². The summed E-state index contributed by atoms with van der Waals surface area (Å²) in [5, 5.41) is 13.1. The smallest absolute Gasteiger partial charge is 0.191 e. The van der Waals surface area contributed by atoms with Crippen LogP contribution in [0.4, 0.5) is 5.69 Å². The molecule has 0 bridgehead atoms. The summed E-state index contributed by atoms with van der Waals surface area (Å²) < 4.78 is 2.39. The number of pyridine rings is 1. The van der Waals surface area contributed by atoms with Crippen LogP contribution in [0.15, 0.2) is 23.5 Å². The molecular formula is C15H19N5S. The standard InChI is InChI=1S/C15H19N5S/c1-16-11-6-7-17-12(8-11)9-21-15-19-18-14(10-2-3-10)20(15)13-4-5-13/h6-8,10,13H,2-5,9H2,1H3,(H,16,17). The average molecular weight is 301 g/mol. The van der Waals surface area contributed by atoms with Crippen molar-refractivity contribution in [2.45, 2.75) is 48.6 Å². The van der Waals surface area contributed by atoms with Gasteiger partial charge < -0.3 is 9.88 Å². The fraction of sp³-hybridized carbons (Fsp3) is 0.533. The summed E-state index contributed by atoms with van der Waals surface area (Å²) in [7, 11) is 1.93. The van der Waals surface area contributed by atoms with Crippen LogP contribution in [0.1, 0.15) is 49.2 Å². The van der Waals surface area contributed by atoms with Crippen LogP contribution in [0, 0.1) is 0 Å². The first-order valence-electron chi connectivity index (χ1n) is 7.55. The van der Waals surface area contributed by atoms with Crippen molar-refractivity contribution in [3.63, 3.8) is 0 Å². The average Bonchev–Trinajstić information content (AvgIpc) is 3.44. The molecule has 1 N–H and O–H groups in total. The number of hydrogen-bond donors (Lipinski definition) is 1. The fourth-order valence-electron chi connectivity index (χ4n) is 2.53. The lowest BCUT2D eigenvalue weighted by Gasteiger charge is -2.08. The quantitative estimate of drug-likeness (QED) is 0.830. The lowest BCUT2D eigenvalue weighted by Crippen LogP contribution is -2.02. The summed E-state index contributed by atoms with van der Waals surface area (Å²) in [6.45, 7) is 0. The highest BCUT2D eigenvalue weighted by molar-refractivity contribution is 7.98. The molecule has 110 valence electrons. The fourth-order valence-corrected chi connectivity index (χ4v) is 3.45. The molecule has 2 saturated carbocycles. The van der Waals surface area contributed by atoms with Crippen LogP contribution in [0.5, 0.6) is 0 Å². The van der Waals surface area contributed by atoms with Gasteiger partial charge in [-0.25, -0.2) is 0 Å². The Hall–Kier alpha value is -1.56. The van der Waals surface area contributed by atoms with Gasteiger partial charge in [-0.15, -0.1) is 10.2 Å². The maximum atomic E-state index is 4.44. The van der Waals surface area contributed by atoms with Gasteiger partial charge in [0.05, 0.1) is 5.69 Å². The Labute approximate surface area is 128 Å². The summed E-state index contributed by atoms with van der Waals surface area (Å²) in [6.07, 6.45) is 6.96. The monoisotopic (exact) mass is 301 g/mol. The first-order chi connectivity index (χ1) is 10.3. The van der Waals surface area contributed by atoms with Crippen molar-refractivity contribution in [2.75, 3.05) is 12.4 Å². The van der Waals surface area contributed by atoms with Crippen molar-refractivity contribution in [1.29, 1.82) is 0 Å². The second kappa shape index (κ2) is 5.33. The van der Waals surface area contributed by atoms with E-state index in [9.17, 15) is 0 Å². The lowest BCUT2D eigenvalue weighted by atomic mass is 10.3. The molecule has 0 aliphatic heterocycles. The Balaban J connectivity index is 1.51. The molecule has 2 aliphatic carbocycles. The van der Waals surface area contributed by atoms with E-state index in [2.05, 4.69) is 31.1 Å². The first kappa shape index (κ1) is 13.1. The minimum absolute atomic E-state index is 0.648. The number of rotatable bonds is 6. The van der Waals surface area contributed by atoms with Crippen LogP contribution in [0.3, 0.4) is 0 Å². The van der Waals surface area contributed by atoms with E-state index >= 15 is 0 Å². The Morgan fingerprint density at radius 1 is 1.29 bits per heavy atom. The molecule has 2 aromatic heterocycles. The van der Waals surface area contributed by atoms with Crippen molar-refractivity contribution >= 4 is 17.4 Å². The molecule has 2 heterocycles. The predicted molar refractivity (Wildman–Crippen MR) is 83.6 cm³/mol. The molecule has 2 aliphatic rings. The van der Waals surface area contributed by atoms with Gasteiger partial charge in [0.2, 0.25) is 0 Å². The number of nitrogens with one attached hydrogen (secondary N) is 1. The van der Waals surface area contributed by atoms with Crippen LogP contribution in [0.25, 0.3) is 0 Å². The van der Waals surface area contributed by atoms with Crippen molar-refractivity contribution in [3.05, 3.63) is 29.8 Å². The van der Waals surface area contributed by atoms with Crippen molar-refractivity contribution in [3.8, 4) is 0 Å². The maximum Gasteiger partial charge on any atom is 0.191 e. The zero-order valence-electron chi connectivity index (χ0n) is 12.1. The van der Waals surface area contributed by atoms with Crippen LogP contribution in [0.2, 0.25) is 0 Å². The summed E-state index contributed by atoms with van der Waals surface area (Å²) >= 11 is 1.75. The van der Waals surface area contributed by atoms with E-state index < -0.39 is 0 Å². The van der Waals surface area contributed by atoms with Crippen LogP contribution < -0.4 is 5.32 Å². The molecule has 21 heavy (non-hydrogen) atoms. The topological polar surface area (TPSA) is 55.6 Å². The minimum atomic E-state index is 0.648. The number of hydrogen-bond acceptors (Lipinski definition) is 5. The van der Waals surface area contributed by atoms with Gasteiger partial charge in [-0.1, -0.05) is 11.8 Å². The van der Waals surface area contributed by atoms with Gasteiger partial charge in [-0.3, -0.25) is 4.98 Å². The predicted octanol–water partition coefficient (Wildman–Crippen LogP) is 3.22. The highest BCUT2D eigenvalue weighted by Crippen LogP contribution is 2.46. The molecule has 0 radical (unpaired) electrons. The van der Waals surface area contributed by atoms with Gasteiger partial charge in [0.1, 0.15) is 5.82 Å². The zero-order valence-corrected chi connectivity index (χ0v) is 12.9. The van der Waals surface area contributed by atoms with E-state index in [0.29, 0.717) is 12.0 Å². The molecule has 2 fully saturated rings. The van der Waals surface area contributed by atoms with Gasteiger partial charge in [0.15, 0.2) is 5.16 Å². The second-order valence-electron chi connectivity index (χ2n) is 5.79. The lowest BCUT2D eigenvalue weighted by molar-refractivity contribution is 0.627. The SMILES string of the molecule is CNc1ccnc(CSc2nnc(C3CC3)n2C2CC2)c1. The van der Waals surface area contributed by atoms with Crippen LogP contribution in [-0.2, 0) is 5.75 Å². The summed E-state index contributed by atoms with van der Waals surface area (Å²) in [4.78, 5) is 4.43. The number of thioether (sulfide) groups is 1. The summed E-state index contributed by atoms with van der Waals surface area (Å²) in [5.41, 5.74) is 2.17. The molecule has 0 aromatic carbocycles. The largest absolute Gasteiger partial charge is 0.388 e. The molecular weight excluding hydrogens is 282 g/mol. The first-order valence-corrected chi connectivity index (χ1v) is 8.54. The Kier molecular flexibility index (Phi) is 3.33. The van der Waals surface area contributed by atoms with Gasteiger partial charge in [0, 0.05) is 36.6 Å². The third-order valence-electron chi connectivity index (χ3n) is 4.00. The molecule has 0 spiro atoms. The molecule has 0 amide bonds. The molecule has 2 aromatic rings. The van der Waals surface area contributed by atoms with E-state index in [-0.39, 0.29) is 0 Å². The van der Waals surface area contributed by atoms with E-state index in [1.807, 2.05) is 19.3 Å². The molecule has 6 heteroatoms. The van der Waals surface area contributed by atoms with Gasteiger partial charge in [-0.05, 0) is 37.8 Å². The molecule has 5 nitrogen and oxygen atoms in total. The van der Waals surface area contributed by atoms with E-state index in [1.165, 1.54) is 31.5 Å². The molecule has 0 atom stereocenters. The molecule has 4 rings (SSSR count). The second-order valence-corrected chi connectivity index (χ2v) is 6.73. The van der Waals surface area contributed by atoms with Gasteiger partial charge in [0.25, 0.3) is 0 Å². The Morgan fingerprint density at radius 2 is 2.14 bits per heavy atom. The number of aromatic nitrogens is 4. The van der Waals surface area contributed by atoms with Crippen LogP contribution >= 0.6 is 11.8 Å². The Morgan fingerprint density at radius 3 is 2.86 bits per heavy atom. The highest BCUT2D eigenvalue weighted by atomic mass is 32.2. The minimum Gasteiger partial charge on any atom is -0.388 e. The molecule has 0 unspecified atom stereocenters. The van der Waals surface area contributed by atoms with E-state index in [4.69, 9.17) is 0 Å². The number of nitrogens with zero attached hydrogens (tertiary/aromatic N) is 4. The zero-order chi connectivity index (χ0) is 14.2. The summed E-state index contributed by atoms with van der Waals surface area (Å²) in [5.74, 6) is 2.72. The van der Waals surface area contributed by atoms with Crippen molar-refractivity contribution in [1.82, 2.24) is 19.7 Å². The highest BCUT2D eigenvalue weighted by Gasteiger charge is 2.36. The summed E-state index contributed by atoms with van der Waals surface area (Å²) in [6, 6.07) is 4.72. The van der Waals surface area contributed by atoms with E-state index in [1.54, 1.807) is 11.8 Å². The number of anilines is 1. The van der Waals surface area contributed by atoms with E-state index in [0.717, 1.165) is 22.3 Å². The molecule has 0 saturated heterocycles. The van der Waals surface area contributed by atoms with Gasteiger partial charge >= 0.3 is 0 Å². The third-order valence-corrected chi connectivity index (χ3v) is 4.98.